The van der Waals surface area contributed by atoms with Gasteiger partial charge in [-0.15, -0.1) is 0 Å². The first-order valence-electron chi connectivity index (χ1n) is 12.7. The smallest absolute Gasteiger partial charge is 0.352 e. The van der Waals surface area contributed by atoms with Crippen LogP contribution < -0.4 is 9.62 Å². The molecular weight excluding hydrogens is 599 g/mol. The minimum atomic E-state index is -4.63. The van der Waals surface area contributed by atoms with E-state index in [1.165, 1.54) is 11.0 Å². The monoisotopic (exact) mass is 631 g/mol. The van der Waals surface area contributed by atoms with Crippen molar-refractivity contribution in [3.05, 3.63) is 64.1 Å². The molecule has 0 aliphatic heterocycles. The van der Waals surface area contributed by atoms with Crippen LogP contribution in [-0.4, -0.2) is 50.0 Å². The second-order valence-electron chi connectivity index (χ2n) is 9.80. The van der Waals surface area contributed by atoms with E-state index in [0.29, 0.717) is 0 Å². The Balaban J connectivity index is 1.74. The van der Waals surface area contributed by atoms with Crippen molar-refractivity contribution in [2.75, 3.05) is 17.1 Å². The largest absolute Gasteiger partial charge is 0.416 e. The number of halogens is 4. The summed E-state index contributed by atoms with van der Waals surface area (Å²) in [5.41, 5.74) is -0.280. The number of rotatable bonds is 11. The summed E-state index contributed by atoms with van der Waals surface area (Å²) in [6.45, 7) is 1.64. The molecule has 39 heavy (non-hydrogen) atoms. The van der Waals surface area contributed by atoms with Gasteiger partial charge in [0.05, 0.1) is 17.5 Å². The molecular formula is C27H33BrF3N3O4S. The van der Waals surface area contributed by atoms with E-state index in [2.05, 4.69) is 21.2 Å². The second-order valence-corrected chi connectivity index (χ2v) is 12.6. The lowest BCUT2D eigenvalue weighted by Crippen LogP contribution is -2.49. The van der Waals surface area contributed by atoms with Gasteiger partial charge in [0.1, 0.15) is 6.04 Å². The number of amides is 2. The fourth-order valence-corrected chi connectivity index (χ4v) is 5.82. The summed E-state index contributed by atoms with van der Waals surface area (Å²) >= 11 is 3.38. The van der Waals surface area contributed by atoms with Crippen molar-refractivity contribution >= 4 is 43.5 Å². The molecule has 1 unspecified atom stereocenters. The summed E-state index contributed by atoms with van der Waals surface area (Å²) < 4.78 is 66.2. The molecule has 2 amide bonds. The Labute approximate surface area is 235 Å². The van der Waals surface area contributed by atoms with Crippen molar-refractivity contribution in [1.29, 1.82) is 0 Å². The van der Waals surface area contributed by atoms with Crippen molar-refractivity contribution in [2.24, 2.45) is 0 Å². The van der Waals surface area contributed by atoms with Gasteiger partial charge in [-0.3, -0.25) is 13.9 Å². The lowest BCUT2D eigenvalue weighted by atomic mass is 10.1. The van der Waals surface area contributed by atoms with Gasteiger partial charge in [0.15, 0.2) is 0 Å². The number of benzene rings is 2. The predicted octanol–water partition coefficient (Wildman–Crippen LogP) is 5.49. The Morgan fingerprint density at radius 3 is 2.33 bits per heavy atom. The quantitative estimate of drug-likeness (QED) is 0.355. The van der Waals surface area contributed by atoms with Crippen molar-refractivity contribution in [3.8, 4) is 0 Å². The molecule has 2 aromatic carbocycles. The van der Waals surface area contributed by atoms with Gasteiger partial charge in [0.25, 0.3) is 0 Å². The first kappa shape index (κ1) is 30.9. The highest BCUT2D eigenvalue weighted by atomic mass is 79.9. The number of hydrogen-bond donors (Lipinski definition) is 1. The standard InChI is InChI=1S/C27H33BrF3N3O4S/c1-19(26(36)32-23-8-3-4-9-23)33(18-20-12-14-22(28)15-13-20)25(35)11-6-16-34(39(2,37)38)24-10-5-7-21(17-24)27(29,30)31/h5,7,10,12-15,17,19,23H,3-4,6,8-9,11,16,18H2,1-2H3,(H,32,36). The van der Waals surface area contributed by atoms with Crippen LogP contribution in [0.1, 0.15) is 56.6 Å². The van der Waals surface area contributed by atoms with E-state index >= 15 is 0 Å². The summed E-state index contributed by atoms with van der Waals surface area (Å²) in [6.07, 6.45) is 0.125. The third-order valence-corrected chi connectivity index (χ3v) is 8.47. The molecule has 0 spiro atoms. The molecule has 3 rings (SSSR count). The van der Waals surface area contributed by atoms with Gasteiger partial charge in [0, 0.05) is 30.0 Å². The van der Waals surface area contributed by atoms with E-state index in [0.717, 1.165) is 64.5 Å². The molecule has 12 heteroatoms. The molecule has 0 bridgehead atoms. The normalized spacial score (nSPS) is 15.1. The zero-order valence-electron chi connectivity index (χ0n) is 21.9. The first-order chi connectivity index (χ1) is 18.3. The van der Waals surface area contributed by atoms with Crippen molar-refractivity contribution < 1.29 is 31.2 Å². The van der Waals surface area contributed by atoms with Crippen LogP contribution in [0.2, 0.25) is 0 Å². The highest BCUT2D eigenvalue weighted by Crippen LogP contribution is 2.32. The summed E-state index contributed by atoms with van der Waals surface area (Å²) in [5, 5.41) is 3.02. The SMILES string of the molecule is CC(C(=O)NC1CCCC1)N(Cc1ccc(Br)cc1)C(=O)CCCN(c1cccc(C(F)(F)F)c1)S(C)(=O)=O. The number of anilines is 1. The van der Waals surface area contributed by atoms with Crippen LogP contribution in [-0.2, 0) is 32.3 Å². The van der Waals surface area contributed by atoms with E-state index in [-0.39, 0.29) is 49.5 Å². The van der Waals surface area contributed by atoms with Gasteiger partial charge < -0.3 is 10.2 Å². The molecule has 1 atom stereocenters. The van der Waals surface area contributed by atoms with Gasteiger partial charge in [0.2, 0.25) is 21.8 Å². The summed E-state index contributed by atoms with van der Waals surface area (Å²) in [6, 6.07) is 10.7. The van der Waals surface area contributed by atoms with Crippen LogP contribution in [0.4, 0.5) is 18.9 Å². The topological polar surface area (TPSA) is 86.8 Å². The van der Waals surface area contributed by atoms with E-state index in [9.17, 15) is 31.2 Å². The van der Waals surface area contributed by atoms with Crippen LogP contribution in [0, 0.1) is 0 Å². The fourth-order valence-electron chi connectivity index (χ4n) is 4.60. The molecule has 1 aliphatic carbocycles. The maximum Gasteiger partial charge on any atom is 0.416 e. The number of hydrogen-bond acceptors (Lipinski definition) is 4. The van der Waals surface area contributed by atoms with Crippen LogP contribution >= 0.6 is 15.9 Å². The van der Waals surface area contributed by atoms with Crippen LogP contribution in [0.15, 0.2) is 53.0 Å². The molecule has 0 radical (unpaired) electrons. The molecule has 0 heterocycles. The average Bonchev–Trinajstić information content (AvgIpc) is 3.37. The second kappa shape index (κ2) is 13.2. The van der Waals surface area contributed by atoms with Crippen molar-refractivity contribution in [1.82, 2.24) is 10.2 Å². The zero-order chi connectivity index (χ0) is 28.8. The Bertz CT molecular complexity index is 1250. The number of alkyl halides is 3. The van der Waals surface area contributed by atoms with Gasteiger partial charge >= 0.3 is 6.18 Å². The van der Waals surface area contributed by atoms with E-state index in [1.54, 1.807) is 6.92 Å². The molecule has 0 saturated heterocycles. The molecule has 1 fully saturated rings. The molecule has 214 valence electrons. The fraction of sp³-hybridized carbons (Fsp3) is 0.481. The lowest BCUT2D eigenvalue weighted by Gasteiger charge is -2.30. The molecule has 1 aliphatic rings. The third kappa shape index (κ3) is 8.96. The van der Waals surface area contributed by atoms with Crippen molar-refractivity contribution in [3.63, 3.8) is 0 Å². The van der Waals surface area contributed by atoms with Gasteiger partial charge in [-0.25, -0.2) is 8.42 Å². The lowest BCUT2D eigenvalue weighted by molar-refractivity contribution is -0.141. The van der Waals surface area contributed by atoms with E-state index in [1.807, 2.05) is 24.3 Å². The zero-order valence-corrected chi connectivity index (χ0v) is 24.3. The Morgan fingerprint density at radius 2 is 1.74 bits per heavy atom. The number of carbonyl (C=O) groups excluding carboxylic acids is 2. The van der Waals surface area contributed by atoms with Gasteiger partial charge in [-0.05, 0) is 62.1 Å². The molecule has 1 N–H and O–H groups in total. The predicted molar refractivity (Wildman–Crippen MR) is 147 cm³/mol. The van der Waals surface area contributed by atoms with Gasteiger partial charge in [-0.1, -0.05) is 47.0 Å². The average molecular weight is 633 g/mol. The Morgan fingerprint density at radius 1 is 1.10 bits per heavy atom. The minimum absolute atomic E-state index is 0.0515. The first-order valence-corrected chi connectivity index (χ1v) is 15.4. The number of carbonyl (C=O) groups is 2. The van der Waals surface area contributed by atoms with Gasteiger partial charge in [-0.2, -0.15) is 13.2 Å². The highest BCUT2D eigenvalue weighted by Gasteiger charge is 2.32. The van der Waals surface area contributed by atoms with Crippen LogP contribution in [0.3, 0.4) is 0 Å². The summed E-state index contributed by atoms with van der Waals surface area (Å²) in [7, 11) is -3.92. The molecule has 1 saturated carbocycles. The maximum atomic E-state index is 13.4. The van der Waals surface area contributed by atoms with Crippen LogP contribution in [0.25, 0.3) is 0 Å². The number of nitrogens with zero attached hydrogens (tertiary/aromatic N) is 2. The summed E-state index contributed by atoms with van der Waals surface area (Å²) in [4.78, 5) is 27.8. The van der Waals surface area contributed by atoms with Crippen molar-refractivity contribution in [2.45, 2.75) is 70.3 Å². The molecule has 0 aromatic heterocycles. The summed E-state index contributed by atoms with van der Waals surface area (Å²) in [5.74, 6) is -0.612. The Hall–Kier alpha value is -2.60. The number of sulfonamides is 1. The maximum absolute atomic E-state index is 13.4. The molecule has 7 nitrogen and oxygen atoms in total. The Kier molecular flexibility index (Phi) is 10.4. The van der Waals surface area contributed by atoms with E-state index < -0.39 is 27.8 Å². The van der Waals surface area contributed by atoms with Crippen LogP contribution in [0.5, 0.6) is 0 Å². The number of nitrogens with one attached hydrogen (secondary N) is 1. The minimum Gasteiger partial charge on any atom is -0.352 e. The third-order valence-electron chi connectivity index (χ3n) is 6.75. The highest BCUT2D eigenvalue weighted by molar-refractivity contribution is 9.10. The van der Waals surface area contributed by atoms with E-state index in [4.69, 9.17) is 0 Å². The molecule has 2 aromatic rings.